The SMILES string of the molecule is Cc1nccn1-c1ccccc1CNC(=O)CN(c1ccc(C(C)(C)C)cc1)S(C)(=O)=O. The topological polar surface area (TPSA) is 84.3 Å². The van der Waals surface area contributed by atoms with Crippen LogP contribution in [-0.4, -0.2) is 36.7 Å². The number of amides is 1. The normalized spacial score (nSPS) is 11.9. The predicted octanol–water partition coefficient (Wildman–Crippen LogP) is 3.56. The van der Waals surface area contributed by atoms with Gasteiger partial charge in [-0.1, -0.05) is 51.1 Å². The van der Waals surface area contributed by atoms with Crippen LogP contribution >= 0.6 is 0 Å². The Morgan fingerprint density at radius 1 is 1.09 bits per heavy atom. The summed E-state index contributed by atoms with van der Waals surface area (Å²) in [6, 6.07) is 15.0. The zero-order valence-electron chi connectivity index (χ0n) is 19.2. The van der Waals surface area contributed by atoms with Gasteiger partial charge in [0.1, 0.15) is 12.4 Å². The Morgan fingerprint density at radius 3 is 2.31 bits per heavy atom. The highest BCUT2D eigenvalue weighted by molar-refractivity contribution is 7.92. The van der Waals surface area contributed by atoms with Crippen molar-refractivity contribution in [2.75, 3.05) is 17.1 Å². The summed E-state index contributed by atoms with van der Waals surface area (Å²) in [5.74, 6) is 0.457. The van der Waals surface area contributed by atoms with E-state index in [0.717, 1.165) is 33.2 Å². The Morgan fingerprint density at radius 2 is 1.75 bits per heavy atom. The van der Waals surface area contributed by atoms with Gasteiger partial charge in [0.25, 0.3) is 0 Å². The summed E-state index contributed by atoms with van der Waals surface area (Å²) in [4.78, 5) is 17.0. The third kappa shape index (κ3) is 5.56. The second-order valence-corrected chi connectivity index (χ2v) is 10.7. The molecule has 0 aliphatic rings. The van der Waals surface area contributed by atoms with Crippen LogP contribution in [0.2, 0.25) is 0 Å². The molecule has 0 spiro atoms. The quantitative estimate of drug-likeness (QED) is 0.592. The number of rotatable bonds is 7. The van der Waals surface area contributed by atoms with Gasteiger partial charge in [0.05, 0.1) is 17.6 Å². The summed E-state index contributed by atoms with van der Waals surface area (Å²) in [6.45, 7) is 8.16. The number of sulfonamides is 1. The first-order valence-corrected chi connectivity index (χ1v) is 12.2. The van der Waals surface area contributed by atoms with Gasteiger partial charge in [-0.2, -0.15) is 0 Å². The van der Waals surface area contributed by atoms with E-state index in [1.807, 2.05) is 54.1 Å². The number of benzene rings is 2. The van der Waals surface area contributed by atoms with E-state index in [9.17, 15) is 13.2 Å². The fourth-order valence-corrected chi connectivity index (χ4v) is 4.29. The number of aryl methyl sites for hydroxylation is 1. The Balaban J connectivity index is 1.75. The number of carbonyl (C=O) groups excluding carboxylic acids is 1. The van der Waals surface area contributed by atoms with E-state index >= 15 is 0 Å². The van der Waals surface area contributed by atoms with Gasteiger partial charge in [0.2, 0.25) is 15.9 Å². The molecule has 3 rings (SSSR count). The molecule has 7 nitrogen and oxygen atoms in total. The number of para-hydroxylation sites is 1. The number of imidazole rings is 1. The molecule has 0 aliphatic carbocycles. The van der Waals surface area contributed by atoms with E-state index < -0.39 is 10.0 Å². The van der Waals surface area contributed by atoms with E-state index in [1.165, 1.54) is 0 Å². The first-order valence-electron chi connectivity index (χ1n) is 10.4. The smallest absolute Gasteiger partial charge is 0.241 e. The number of carbonyl (C=O) groups is 1. The number of anilines is 1. The highest BCUT2D eigenvalue weighted by Gasteiger charge is 2.22. The van der Waals surface area contributed by atoms with Crippen molar-refractivity contribution < 1.29 is 13.2 Å². The van der Waals surface area contributed by atoms with Crippen molar-refractivity contribution in [1.82, 2.24) is 14.9 Å². The third-order valence-corrected chi connectivity index (χ3v) is 6.40. The predicted molar refractivity (Wildman–Crippen MR) is 127 cm³/mol. The Bertz CT molecular complexity index is 1190. The van der Waals surface area contributed by atoms with Crippen molar-refractivity contribution in [3.05, 3.63) is 77.9 Å². The lowest BCUT2D eigenvalue weighted by molar-refractivity contribution is -0.119. The van der Waals surface area contributed by atoms with Gasteiger partial charge in [-0.3, -0.25) is 9.10 Å². The molecule has 0 bridgehead atoms. The van der Waals surface area contributed by atoms with Crippen LogP contribution in [0.25, 0.3) is 5.69 Å². The molecular weight excluding hydrogens is 424 g/mol. The van der Waals surface area contributed by atoms with Gasteiger partial charge in [0.15, 0.2) is 0 Å². The summed E-state index contributed by atoms with van der Waals surface area (Å²) in [6.07, 6.45) is 4.69. The molecule has 0 aliphatic heterocycles. The summed E-state index contributed by atoms with van der Waals surface area (Å²) in [5, 5.41) is 2.85. The van der Waals surface area contributed by atoms with Crippen molar-refractivity contribution in [3.8, 4) is 5.69 Å². The van der Waals surface area contributed by atoms with Crippen molar-refractivity contribution in [2.24, 2.45) is 0 Å². The fourth-order valence-electron chi connectivity index (χ4n) is 3.44. The number of hydrogen-bond donors (Lipinski definition) is 1. The van der Waals surface area contributed by atoms with Gasteiger partial charge >= 0.3 is 0 Å². The molecule has 0 saturated heterocycles. The van der Waals surface area contributed by atoms with Crippen LogP contribution in [-0.2, 0) is 26.8 Å². The lowest BCUT2D eigenvalue weighted by atomic mass is 9.87. The number of aromatic nitrogens is 2. The molecule has 0 atom stereocenters. The maximum absolute atomic E-state index is 12.7. The van der Waals surface area contributed by atoms with Crippen LogP contribution in [0.1, 0.15) is 37.7 Å². The Kier molecular flexibility index (Phi) is 6.74. The number of hydrogen-bond acceptors (Lipinski definition) is 4. The van der Waals surface area contributed by atoms with E-state index in [0.29, 0.717) is 5.69 Å². The van der Waals surface area contributed by atoms with Crippen LogP contribution < -0.4 is 9.62 Å². The minimum absolute atomic E-state index is 0.0488. The van der Waals surface area contributed by atoms with Gasteiger partial charge in [0, 0.05) is 18.9 Å². The Labute approximate surface area is 190 Å². The van der Waals surface area contributed by atoms with Crippen LogP contribution in [0.15, 0.2) is 60.9 Å². The molecule has 0 fully saturated rings. The van der Waals surface area contributed by atoms with Crippen LogP contribution in [0.3, 0.4) is 0 Å². The molecule has 1 amide bonds. The minimum Gasteiger partial charge on any atom is -0.350 e. The lowest BCUT2D eigenvalue weighted by Gasteiger charge is -2.24. The maximum atomic E-state index is 12.7. The van der Waals surface area contributed by atoms with Gasteiger partial charge < -0.3 is 9.88 Å². The largest absolute Gasteiger partial charge is 0.350 e. The standard InChI is InChI=1S/C24H30N4O3S/c1-18-25-14-15-27(18)22-9-7-6-8-19(22)16-26-23(29)17-28(32(5,30)31)21-12-10-20(11-13-21)24(2,3)4/h6-15H,16-17H2,1-5H3,(H,26,29). The third-order valence-electron chi connectivity index (χ3n) is 5.26. The minimum atomic E-state index is -3.63. The van der Waals surface area contributed by atoms with Crippen molar-refractivity contribution in [1.29, 1.82) is 0 Å². The number of nitrogens with zero attached hydrogens (tertiary/aromatic N) is 3. The van der Waals surface area contributed by atoms with Crippen LogP contribution in [0.5, 0.6) is 0 Å². The monoisotopic (exact) mass is 454 g/mol. The summed E-state index contributed by atoms with van der Waals surface area (Å²) >= 11 is 0. The van der Waals surface area contributed by atoms with E-state index in [1.54, 1.807) is 18.3 Å². The molecule has 3 aromatic rings. The number of nitrogens with one attached hydrogen (secondary N) is 1. The molecule has 8 heteroatoms. The molecule has 2 aromatic carbocycles. The average Bonchev–Trinajstić information content (AvgIpc) is 3.15. The fraction of sp³-hybridized carbons (Fsp3) is 0.333. The first kappa shape index (κ1) is 23.5. The average molecular weight is 455 g/mol. The molecule has 32 heavy (non-hydrogen) atoms. The zero-order chi connectivity index (χ0) is 23.5. The second-order valence-electron chi connectivity index (χ2n) is 8.82. The second kappa shape index (κ2) is 9.16. The highest BCUT2D eigenvalue weighted by atomic mass is 32.2. The molecule has 1 aromatic heterocycles. The molecule has 1 heterocycles. The maximum Gasteiger partial charge on any atom is 0.241 e. The summed E-state index contributed by atoms with van der Waals surface area (Å²) in [5.41, 5.74) is 3.32. The van der Waals surface area contributed by atoms with E-state index in [4.69, 9.17) is 0 Å². The van der Waals surface area contributed by atoms with Crippen molar-refractivity contribution >= 4 is 21.6 Å². The van der Waals surface area contributed by atoms with Crippen molar-refractivity contribution in [2.45, 2.75) is 39.7 Å². The molecule has 0 unspecified atom stereocenters. The molecular formula is C24H30N4O3S. The van der Waals surface area contributed by atoms with Gasteiger partial charge in [-0.15, -0.1) is 0 Å². The molecule has 0 radical (unpaired) electrons. The van der Waals surface area contributed by atoms with Crippen LogP contribution in [0, 0.1) is 6.92 Å². The van der Waals surface area contributed by atoms with Crippen molar-refractivity contribution in [3.63, 3.8) is 0 Å². The van der Waals surface area contributed by atoms with Gasteiger partial charge in [-0.25, -0.2) is 13.4 Å². The zero-order valence-corrected chi connectivity index (χ0v) is 20.0. The molecule has 0 saturated carbocycles. The molecule has 1 N–H and O–H groups in total. The summed E-state index contributed by atoms with van der Waals surface area (Å²) in [7, 11) is -3.63. The Hall–Kier alpha value is -3.13. The van der Waals surface area contributed by atoms with Gasteiger partial charge in [-0.05, 0) is 41.7 Å². The van der Waals surface area contributed by atoms with Crippen LogP contribution in [0.4, 0.5) is 5.69 Å². The molecule has 170 valence electrons. The first-order chi connectivity index (χ1) is 15.0. The summed E-state index contributed by atoms with van der Waals surface area (Å²) < 4.78 is 27.9. The van der Waals surface area contributed by atoms with E-state index in [2.05, 4.69) is 31.1 Å². The van der Waals surface area contributed by atoms with E-state index in [-0.39, 0.29) is 24.4 Å². The lowest BCUT2D eigenvalue weighted by Crippen LogP contribution is -2.40. The highest BCUT2D eigenvalue weighted by Crippen LogP contribution is 2.26.